The van der Waals surface area contributed by atoms with E-state index in [1.165, 1.54) is 4.90 Å². The molecule has 2 aliphatic heterocycles. The van der Waals surface area contributed by atoms with Crippen molar-refractivity contribution in [1.82, 2.24) is 20.0 Å². The molecule has 2 aliphatic rings. The number of H-pyrrole nitrogens is 1. The SMILES string of the molecule is O=C(CCCN1C(=O)c2ccccc2C1=O)N1CCc2[nH]nc(-c3ccc(Cl)cc3)c2C1. The molecule has 0 aliphatic carbocycles. The average Bonchev–Trinajstić information content (AvgIpc) is 3.34. The number of hydrogen-bond donors (Lipinski definition) is 1. The summed E-state index contributed by atoms with van der Waals surface area (Å²) in [6, 6.07) is 14.3. The zero-order chi connectivity index (χ0) is 22.2. The Bertz CT molecular complexity index is 1180. The standard InChI is InChI=1S/C24H21ClN4O3/c25-16-9-7-15(8-10-16)22-19-14-28(13-11-20(19)26-27-22)21(30)6-3-12-29-23(31)17-4-1-2-5-18(17)24(29)32/h1-2,4-5,7-10H,3,6,11-14H2,(H,26,27). The molecule has 3 aromatic rings. The number of rotatable bonds is 5. The minimum absolute atomic E-state index is 0.00974. The maximum absolute atomic E-state index is 12.9. The van der Waals surface area contributed by atoms with E-state index < -0.39 is 0 Å². The number of halogens is 1. The van der Waals surface area contributed by atoms with Gasteiger partial charge in [0.15, 0.2) is 0 Å². The van der Waals surface area contributed by atoms with Gasteiger partial charge in [0.1, 0.15) is 0 Å². The Morgan fingerprint density at radius 1 is 1.03 bits per heavy atom. The number of hydrogen-bond acceptors (Lipinski definition) is 4. The molecule has 0 fully saturated rings. The maximum atomic E-state index is 12.9. The monoisotopic (exact) mass is 448 g/mol. The van der Waals surface area contributed by atoms with Crippen molar-refractivity contribution < 1.29 is 14.4 Å². The number of aromatic nitrogens is 2. The molecule has 0 saturated heterocycles. The van der Waals surface area contributed by atoms with Crippen molar-refractivity contribution >= 4 is 29.3 Å². The van der Waals surface area contributed by atoms with E-state index in [9.17, 15) is 14.4 Å². The summed E-state index contributed by atoms with van der Waals surface area (Å²) in [6.07, 6.45) is 1.42. The molecule has 0 unspecified atom stereocenters. The van der Waals surface area contributed by atoms with Crippen LogP contribution in [0, 0.1) is 0 Å². The number of nitrogens with one attached hydrogen (secondary N) is 1. The van der Waals surface area contributed by atoms with Crippen LogP contribution in [-0.4, -0.2) is 50.8 Å². The average molecular weight is 449 g/mol. The first-order chi connectivity index (χ1) is 15.5. The summed E-state index contributed by atoms with van der Waals surface area (Å²) in [5, 5.41) is 8.21. The van der Waals surface area contributed by atoms with Gasteiger partial charge in [0.05, 0.1) is 16.8 Å². The van der Waals surface area contributed by atoms with Gasteiger partial charge in [-0.3, -0.25) is 24.4 Å². The molecule has 0 atom stereocenters. The van der Waals surface area contributed by atoms with Gasteiger partial charge in [0.2, 0.25) is 5.91 Å². The number of carbonyl (C=O) groups excluding carboxylic acids is 3. The Hall–Kier alpha value is -3.45. The molecule has 1 N–H and O–H groups in total. The van der Waals surface area contributed by atoms with E-state index in [1.54, 1.807) is 24.3 Å². The summed E-state index contributed by atoms with van der Waals surface area (Å²) in [5.74, 6) is -0.561. The normalized spacial score (nSPS) is 15.2. The second-order valence-corrected chi connectivity index (χ2v) is 8.45. The Labute approximate surface area is 190 Å². The molecule has 0 saturated carbocycles. The minimum Gasteiger partial charge on any atom is -0.338 e. The van der Waals surface area contributed by atoms with Gasteiger partial charge in [0, 0.05) is 54.3 Å². The smallest absolute Gasteiger partial charge is 0.261 e. The predicted octanol–water partition coefficient (Wildman–Crippen LogP) is 3.69. The molecule has 3 heterocycles. The van der Waals surface area contributed by atoms with Crippen LogP contribution < -0.4 is 0 Å². The zero-order valence-electron chi connectivity index (χ0n) is 17.3. The third-order valence-corrected chi connectivity index (χ3v) is 6.31. The lowest BCUT2D eigenvalue weighted by Crippen LogP contribution is -2.37. The summed E-state index contributed by atoms with van der Waals surface area (Å²) in [4.78, 5) is 40.9. The Morgan fingerprint density at radius 3 is 2.41 bits per heavy atom. The third-order valence-electron chi connectivity index (χ3n) is 6.05. The largest absolute Gasteiger partial charge is 0.338 e. The highest BCUT2D eigenvalue weighted by Crippen LogP contribution is 2.29. The first-order valence-electron chi connectivity index (χ1n) is 10.6. The van der Waals surface area contributed by atoms with Crippen LogP contribution in [0.15, 0.2) is 48.5 Å². The summed E-state index contributed by atoms with van der Waals surface area (Å²) in [7, 11) is 0. The molecule has 5 rings (SSSR count). The summed E-state index contributed by atoms with van der Waals surface area (Å²) in [5.41, 5.74) is 4.72. The van der Waals surface area contributed by atoms with Crippen molar-refractivity contribution in [1.29, 1.82) is 0 Å². The molecule has 162 valence electrons. The van der Waals surface area contributed by atoms with Crippen molar-refractivity contribution in [3.05, 3.63) is 75.9 Å². The maximum Gasteiger partial charge on any atom is 0.261 e. The van der Waals surface area contributed by atoms with Crippen molar-refractivity contribution in [2.45, 2.75) is 25.8 Å². The van der Waals surface area contributed by atoms with Crippen molar-refractivity contribution in [3.8, 4) is 11.3 Å². The third kappa shape index (κ3) is 3.58. The number of benzene rings is 2. The Morgan fingerprint density at radius 2 is 1.72 bits per heavy atom. The van der Waals surface area contributed by atoms with Crippen molar-refractivity contribution in [2.75, 3.05) is 13.1 Å². The quantitative estimate of drug-likeness (QED) is 0.603. The zero-order valence-corrected chi connectivity index (χ0v) is 18.1. The van der Waals surface area contributed by atoms with Crippen LogP contribution in [0.5, 0.6) is 0 Å². The van der Waals surface area contributed by atoms with Gasteiger partial charge in [-0.2, -0.15) is 5.10 Å². The highest BCUT2D eigenvalue weighted by molar-refractivity contribution is 6.30. The number of aromatic amines is 1. The topological polar surface area (TPSA) is 86.4 Å². The van der Waals surface area contributed by atoms with Crippen LogP contribution in [0.1, 0.15) is 44.8 Å². The summed E-state index contributed by atoms with van der Waals surface area (Å²) >= 11 is 5.99. The van der Waals surface area contributed by atoms with E-state index in [0.717, 1.165) is 22.5 Å². The number of carbonyl (C=O) groups is 3. The van der Waals surface area contributed by atoms with Crippen LogP contribution in [0.4, 0.5) is 0 Å². The van der Waals surface area contributed by atoms with Crippen LogP contribution >= 0.6 is 11.6 Å². The van der Waals surface area contributed by atoms with E-state index in [-0.39, 0.29) is 30.7 Å². The molecule has 8 heteroatoms. The van der Waals surface area contributed by atoms with Crippen molar-refractivity contribution in [3.63, 3.8) is 0 Å². The van der Waals surface area contributed by atoms with Gasteiger partial charge in [-0.05, 0) is 30.7 Å². The van der Waals surface area contributed by atoms with E-state index in [2.05, 4.69) is 10.2 Å². The molecular formula is C24H21ClN4O3. The first-order valence-corrected chi connectivity index (χ1v) is 11.0. The Balaban J connectivity index is 1.21. The molecule has 32 heavy (non-hydrogen) atoms. The second kappa shape index (κ2) is 8.24. The van der Waals surface area contributed by atoms with Gasteiger partial charge >= 0.3 is 0 Å². The van der Waals surface area contributed by atoms with E-state index >= 15 is 0 Å². The lowest BCUT2D eigenvalue weighted by Gasteiger charge is -2.27. The van der Waals surface area contributed by atoms with E-state index in [4.69, 9.17) is 11.6 Å². The van der Waals surface area contributed by atoms with Gasteiger partial charge in [-0.1, -0.05) is 35.9 Å². The number of fused-ring (bicyclic) bond motifs is 2. The summed E-state index contributed by atoms with van der Waals surface area (Å²) < 4.78 is 0. The molecule has 7 nitrogen and oxygen atoms in total. The van der Waals surface area contributed by atoms with Crippen molar-refractivity contribution in [2.24, 2.45) is 0 Å². The van der Waals surface area contributed by atoms with Crippen LogP contribution in [-0.2, 0) is 17.8 Å². The van der Waals surface area contributed by atoms with E-state index in [1.807, 2.05) is 29.2 Å². The predicted molar refractivity (Wildman–Crippen MR) is 119 cm³/mol. The molecule has 0 bridgehead atoms. The number of amides is 3. The minimum atomic E-state index is -0.285. The molecule has 3 amide bonds. The van der Waals surface area contributed by atoms with Crippen LogP contribution in [0.2, 0.25) is 5.02 Å². The lowest BCUT2D eigenvalue weighted by molar-refractivity contribution is -0.132. The van der Waals surface area contributed by atoms with Crippen LogP contribution in [0.3, 0.4) is 0 Å². The highest BCUT2D eigenvalue weighted by Gasteiger charge is 2.34. The molecule has 1 aromatic heterocycles. The fourth-order valence-corrected chi connectivity index (χ4v) is 4.47. The summed E-state index contributed by atoms with van der Waals surface area (Å²) in [6.45, 7) is 1.33. The molecule has 0 spiro atoms. The fourth-order valence-electron chi connectivity index (χ4n) is 4.34. The number of nitrogens with zero attached hydrogens (tertiary/aromatic N) is 3. The number of imide groups is 1. The molecule has 0 radical (unpaired) electrons. The van der Waals surface area contributed by atoms with Gasteiger partial charge in [0.25, 0.3) is 11.8 Å². The molecular weight excluding hydrogens is 428 g/mol. The Kier molecular flexibility index (Phi) is 5.27. The fraction of sp³-hybridized carbons (Fsp3) is 0.250. The van der Waals surface area contributed by atoms with Crippen LogP contribution in [0.25, 0.3) is 11.3 Å². The molecule has 2 aromatic carbocycles. The highest BCUT2D eigenvalue weighted by atomic mass is 35.5. The lowest BCUT2D eigenvalue weighted by atomic mass is 10.0. The van der Waals surface area contributed by atoms with Gasteiger partial charge in [-0.15, -0.1) is 0 Å². The second-order valence-electron chi connectivity index (χ2n) is 8.01. The van der Waals surface area contributed by atoms with Gasteiger partial charge in [-0.25, -0.2) is 0 Å². The van der Waals surface area contributed by atoms with Gasteiger partial charge < -0.3 is 4.90 Å². The first kappa shape index (κ1) is 20.5. The van der Waals surface area contributed by atoms with E-state index in [0.29, 0.717) is 42.1 Å².